The molecule has 3 nitrogen and oxygen atoms in total. The first-order valence-electron chi connectivity index (χ1n) is 6.18. The number of hydrogen-bond acceptors (Lipinski definition) is 2. The van der Waals surface area contributed by atoms with Gasteiger partial charge in [-0.3, -0.25) is 4.79 Å². The number of nitrogens with one attached hydrogen (secondary N) is 1. The van der Waals surface area contributed by atoms with Crippen LogP contribution in [0.25, 0.3) is 0 Å². The summed E-state index contributed by atoms with van der Waals surface area (Å²) in [5.41, 5.74) is 5.96. The van der Waals surface area contributed by atoms with Crippen LogP contribution < -0.4 is 11.1 Å². The summed E-state index contributed by atoms with van der Waals surface area (Å²) in [6.45, 7) is 0.357. The third-order valence-corrected chi connectivity index (χ3v) is 2.90. The highest BCUT2D eigenvalue weighted by Gasteiger charge is 2.30. The van der Waals surface area contributed by atoms with E-state index in [0.29, 0.717) is 12.1 Å². The van der Waals surface area contributed by atoms with Crippen LogP contribution in [0.15, 0.2) is 48.5 Å². The maximum atomic E-state index is 12.6. The van der Waals surface area contributed by atoms with Gasteiger partial charge in [-0.1, -0.05) is 18.2 Å². The van der Waals surface area contributed by atoms with E-state index in [1.165, 1.54) is 12.1 Å². The molecule has 118 valence electrons. The van der Waals surface area contributed by atoms with Crippen molar-refractivity contribution in [2.24, 2.45) is 5.73 Å². The Balaban J connectivity index is 0.00000242. The summed E-state index contributed by atoms with van der Waals surface area (Å²) < 4.78 is 37.8. The van der Waals surface area contributed by atoms with E-state index in [2.05, 4.69) is 5.32 Å². The molecule has 7 heteroatoms. The van der Waals surface area contributed by atoms with Crippen molar-refractivity contribution in [1.82, 2.24) is 0 Å². The molecule has 0 unspecified atom stereocenters. The van der Waals surface area contributed by atoms with Gasteiger partial charge in [-0.15, -0.1) is 12.4 Å². The van der Waals surface area contributed by atoms with E-state index in [9.17, 15) is 18.0 Å². The zero-order chi connectivity index (χ0) is 15.5. The van der Waals surface area contributed by atoms with Crippen LogP contribution in [-0.2, 0) is 12.7 Å². The third-order valence-electron chi connectivity index (χ3n) is 2.90. The molecule has 2 aromatic rings. The van der Waals surface area contributed by atoms with E-state index in [1.54, 1.807) is 24.3 Å². The maximum absolute atomic E-state index is 12.6. The zero-order valence-corrected chi connectivity index (χ0v) is 12.2. The van der Waals surface area contributed by atoms with Crippen LogP contribution in [0.5, 0.6) is 0 Å². The van der Waals surface area contributed by atoms with E-state index in [4.69, 9.17) is 5.73 Å². The van der Waals surface area contributed by atoms with Gasteiger partial charge in [-0.25, -0.2) is 0 Å². The number of nitrogens with two attached hydrogens (primary N) is 1. The molecular formula is C15H14ClF3N2O. The summed E-state index contributed by atoms with van der Waals surface area (Å²) in [6.07, 6.45) is -4.44. The first-order chi connectivity index (χ1) is 9.90. The van der Waals surface area contributed by atoms with E-state index in [0.717, 1.165) is 17.7 Å². The van der Waals surface area contributed by atoms with Crippen molar-refractivity contribution in [2.45, 2.75) is 12.7 Å². The molecule has 2 rings (SSSR count). The molecule has 0 aliphatic rings. The normalized spacial score (nSPS) is 10.7. The van der Waals surface area contributed by atoms with Crippen molar-refractivity contribution in [1.29, 1.82) is 0 Å². The largest absolute Gasteiger partial charge is 0.416 e. The molecule has 2 aromatic carbocycles. The van der Waals surface area contributed by atoms with Gasteiger partial charge in [0.1, 0.15) is 0 Å². The number of rotatable bonds is 3. The Hall–Kier alpha value is -2.05. The lowest BCUT2D eigenvalue weighted by Gasteiger charge is -2.10. The van der Waals surface area contributed by atoms with Crippen LogP contribution >= 0.6 is 12.4 Å². The lowest BCUT2D eigenvalue weighted by atomic mass is 10.1. The van der Waals surface area contributed by atoms with Gasteiger partial charge in [0.05, 0.1) is 5.56 Å². The predicted octanol–water partition coefficient (Wildman–Crippen LogP) is 3.84. The minimum absolute atomic E-state index is 0. The van der Waals surface area contributed by atoms with Crippen LogP contribution in [-0.4, -0.2) is 5.91 Å². The number of benzene rings is 2. The number of hydrogen-bond donors (Lipinski definition) is 2. The average Bonchev–Trinajstić information content (AvgIpc) is 2.47. The Morgan fingerprint density at radius 3 is 2.27 bits per heavy atom. The van der Waals surface area contributed by atoms with Crippen LogP contribution in [0.1, 0.15) is 21.5 Å². The zero-order valence-electron chi connectivity index (χ0n) is 11.4. The number of carbonyl (C=O) groups is 1. The topological polar surface area (TPSA) is 55.1 Å². The molecule has 0 aliphatic carbocycles. The second-order valence-electron chi connectivity index (χ2n) is 4.43. The van der Waals surface area contributed by atoms with Gasteiger partial charge in [-0.2, -0.15) is 13.2 Å². The van der Waals surface area contributed by atoms with Crippen LogP contribution in [0.4, 0.5) is 18.9 Å². The maximum Gasteiger partial charge on any atom is 0.416 e. The van der Waals surface area contributed by atoms with Gasteiger partial charge in [0.25, 0.3) is 5.91 Å². The minimum atomic E-state index is -4.44. The Morgan fingerprint density at radius 1 is 1.09 bits per heavy atom. The molecular weight excluding hydrogens is 317 g/mol. The van der Waals surface area contributed by atoms with Crippen molar-refractivity contribution >= 4 is 24.0 Å². The van der Waals surface area contributed by atoms with Gasteiger partial charge in [0.15, 0.2) is 0 Å². The standard InChI is InChI=1S/C15H13F3N2O.ClH/c16-15(17,18)12-2-1-3-13(8-12)20-14(21)11-6-4-10(9-19)5-7-11;/h1-8H,9,19H2,(H,20,21);1H. The second-order valence-corrected chi connectivity index (χ2v) is 4.43. The quantitative estimate of drug-likeness (QED) is 0.898. The number of carbonyl (C=O) groups excluding carboxylic acids is 1. The molecule has 0 bridgehead atoms. The number of amides is 1. The molecule has 0 aromatic heterocycles. The molecule has 0 radical (unpaired) electrons. The summed E-state index contributed by atoms with van der Waals surface area (Å²) in [5, 5.41) is 2.44. The summed E-state index contributed by atoms with van der Waals surface area (Å²) in [4.78, 5) is 12.0. The molecule has 3 N–H and O–H groups in total. The molecule has 0 atom stereocenters. The number of alkyl halides is 3. The smallest absolute Gasteiger partial charge is 0.326 e. The van der Waals surface area contributed by atoms with Gasteiger partial charge in [-0.05, 0) is 35.9 Å². The fourth-order valence-corrected chi connectivity index (χ4v) is 1.77. The van der Waals surface area contributed by atoms with E-state index in [1.807, 2.05) is 0 Å². The van der Waals surface area contributed by atoms with Crippen molar-refractivity contribution in [3.8, 4) is 0 Å². The number of halogens is 4. The molecule has 0 saturated heterocycles. The highest BCUT2D eigenvalue weighted by atomic mass is 35.5. The molecule has 0 heterocycles. The fourth-order valence-electron chi connectivity index (χ4n) is 1.77. The minimum Gasteiger partial charge on any atom is -0.326 e. The average molecular weight is 331 g/mol. The summed E-state index contributed by atoms with van der Waals surface area (Å²) in [6, 6.07) is 11.0. The van der Waals surface area contributed by atoms with Gasteiger partial charge in [0, 0.05) is 17.8 Å². The molecule has 22 heavy (non-hydrogen) atoms. The molecule has 0 spiro atoms. The monoisotopic (exact) mass is 330 g/mol. The van der Waals surface area contributed by atoms with Gasteiger partial charge < -0.3 is 11.1 Å². The van der Waals surface area contributed by atoms with Crippen molar-refractivity contribution in [3.63, 3.8) is 0 Å². The highest BCUT2D eigenvalue weighted by molar-refractivity contribution is 6.04. The summed E-state index contributed by atoms with van der Waals surface area (Å²) in [5.74, 6) is -0.474. The summed E-state index contributed by atoms with van der Waals surface area (Å²) >= 11 is 0. The van der Waals surface area contributed by atoms with E-state index >= 15 is 0 Å². The summed E-state index contributed by atoms with van der Waals surface area (Å²) in [7, 11) is 0. The lowest BCUT2D eigenvalue weighted by molar-refractivity contribution is -0.137. The number of anilines is 1. The molecule has 0 aliphatic heterocycles. The van der Waals surface area contributed by atoms with Crippen LogP contribution in [0.2, 0.25) is 0 Å². The van der Waals surface area contributed by atoms with Crippen LogP contribution in [0, 0.1) is 0 Å². The Morgan fingerprint density at radius 2 is 1.73 bits per heavy atom. The predicted molar refractivity (Wildman–Crippen MR) is 81.0 cm³/mol. The molecule has 0 saturated carbocycles. The molecule has 0 fully saturated rings. The third kappa shape index (κ3) is 4.47. The second kappa shape index (κ2) is 7.29. The van der Waals surface area contributed by atoms with Gasteiger partial charge in [0.2, 0.25) is 0 Å². The van der Waals surface area contributed by atoms with Crippen molar-refractivity contribution < 1.29 is 18.0 Å². The van der Waals surface area contributed by atoms with Crippen molar-refractivity contribution in [2.75, 3.05) is 5.32 Å². The Labute approximate surface area is 131 Å². The van der Waals surface area contributed by atoms with E-state index in [-0.39, 0.29) is 18.1 Å². The SMILES string of the molecule is Cl.NCc1ccc(C(=O)Nc2cccc(C(F)(F)F)c2)cc1. The van der Waals surface area contributed by atoms with Gasteiger partial charge >= 0.3 is 6.18 Å². The first-order valence-corrected chi connectivity index (χ1v) is 6.18. The molecule has 1 amide bonds. The Bertz CT molecular complexity index is 642. The fraction of sp³-hybridized carbons (Fsp3) is 0.133. The van der Waals surface area contributed by atoms with Crippen LogP contribution in [0.3, 0.4) is 0 Å². The lowest BCUT2D eigenvalue weighted by Crippen LogP contribution is -2.13. The van der Waals surface area contributed by atoms with E-state index < -0.39 is 17.6 Å². The first kappa shape index (κ1) is 18.0. The Kier molecular flexibility index (Phi) is 5.96. The van der Waals surface area contributed by atoms with Crippen molar-refractivity contribution in [3.05, 3.63) is 65.2 Å². The highest BCUT2D eigenvalue weighted by Crippen LogP contribution is 2.30.